The van der Waals surface area contributed by atoms with Crippen molar-refractivity contribution in [3.8, 4) is 5.75 Å². The minimum atomic E-state index is -2.85. The van der Waals surface area contributed by atoms with Crippen molar-refractivity contribution in [2.45, 2.75) is 33.5 Å². The topological polar surface area (TPSA) is 50.6 Å². The van der Waals surface area contributed by atoms with Gasteiger partial charge in [0, 0.05) is 38.1 Å². The van der Waals surface area contributed by atoms with Crippen molar-refractivity contribution in [3.63, 3.8) is 0 Å². The van der Waals surface area contributed by atoms with Gasteiger partial charge in [-0.1, -0.05) is 17.7 Å². The van der Waals surface area contributed by atoms with Crippen molar-refractivity contribution in [1.29, 1.82) is 0 Å². The van der Waals surface area contributed by atoms with Crippen LogP contribution in [0.2, 0.25) is 0 Å². The molecule has 0 fully saturated rings. The summed E-state index contributed by atoms with van der Waals surface area (Å²) in [5, 5.41) is 6.31. The summed E-state index contributed by atoms with van der Waals surface area (Å²) in [6.07, 6.45) is 3.97. The van der Waals surface area contributed by atoms with Crippen LogP contribution in [-0.2, 0) is 20.1 Å². The Balaban J connectivity index is 2.06. The zero-order valence-electron chi connectivity index (χ0n) is 14.7. The number of aliphatic imine (C=N–C) groups is 1. The molecule has 2 aromatic rings. The first-order chi connectivity index (χ1) is 12.0. The fourth-order valence-electron chi connectivity index (χ4n) is 2.40. The number of benzene rings is 1. The van der Waals surface area contributed by atoms with E-state index in [9.17, 15) is 8.78 Å². The van der Waals surface area contributed by atoms with Crippen molar-refractivity contribution < 1.29 is 13.5 Å². The average molecular weight is 350 g/mol. The van der Waals surface area contributed by atoms with Crippen molar-refractivity contribution in [2.75, 3.05) is 6.54 Å². The van der Waals surface area contributed by atoms with Gasteiger partial charge in [0.15, 0.2) is 5.96 Å². The van der Waals surface area contributed by atoms with E-state index in [2.05, 4.69) is 20.4 Å². The molecule has 0 spiro atoms. The van der Waals surface area contributed by atoms with Crippen molar-refractivity contribution >= 4 is 5.96 Å². The van der Waals surface area contributed by atoms with E-state index in [4.69, 9.17) is 0 Å². The summed E-state index contributed by atoms with van der Waals surface area (Å²) in [6.45, 7) is 2.60. The third-order valence-corrected chi connectivity index (χ3v) is 3.54. The molecule has 2 rings (SSSR count). The van der Waals surface area contributed by atoms with E-state index in [0.29, 0.717) is 31.2 Å². The Morgan fingerprint density at radius 3 is 2.72 bits per heavy atom. The Labute approximate surface area is 146 Å². The molecule has 0 amide bonds. The molecule has 0 saturated carbocycles. The minimum Gasteiger partial charge on any atom is -0.434 e. The second-order valence-corrected chi connectivity index (χ2v) is 5.72. The molecule has 0 aliphatic rings. The maximum atomic E-state index is 12.6. The van der Waals surface area contributed by atoms with Gasteiger partial charge < -0.3 is 19.9 Å². The number of aryl methyl sites for hydroxylation is 2. The molecule has 7 heteroatoms. The lowest BCUT2D eigenvalue weighted by Crippen LogP contribution is -2.36. The Bertz CT molecular complexity index is 713. The maximum Gasteiger partial charge on any atom is 0.387 e. The van der Waals surface area contributed by atoms with Crippen LogP contribution in [0.5, 0.6) is 5.75 Å². The third-order valence-electron chi connectivity index (χ3n) is 3.54. The predicted octanol–water partition coefficient (Wildman–Crippen LogP) is 3.19. The number of hydrogen-bond acceptors (Lipinski definition) is 2. The number of aromatic nitrogens is 1. The predicted molar refractivity (Wildman–Crippen MR) is 94.9 cm³/mol. The van der Waals surface area contributed by atoms with Gasteiger partial charge in [0.2, 0.25) is 0 Å². The normalized spacial score (nSPS) is 11.7. The highest BCUT2D eigenvalue weighted by molar-refractivity contribution is 5.79. The molecule has 0 aliphatic heterocycles. The molecule has 0 radical (unpaired) electrons. The van der Waals surface area contributed by atoms with Crippen LogP contribution in [0.25, 0.3) is 0 Å². The first-order valence-corrected chi connectivity index (χ1v) is 8.15. The van der Waals surface area contributed by atoms with Crippen molar-refractivity contribution in [3.05, 3.63) is 53.3 Å². The summed E-state index contributed by atoms with van der Waals surface area (Å²) in [7, 11) is 1.96. The molecule has 1 aromatic carbocycles. The number of alkyl halides is 2. The summed E-state index contributed by atoms with van der Waals surface area (Å²) in [4.78, 5) is 4.52. The van der Waals surface area contributed by atoms with Gasteiger partial charge in [-0.25, -0.2) is 4.99 Å². The molecule has 0 atom stereocenters. The van der Waals surface area contributed by atoms with E-state index in [1.165, 1.54) is 0 Å². The first kappa shape index (κ1) is 18.8. The molecule has 1 aromatic heterocycles. The summed E-state index contributed by atoms with van der Waals surface area (Å²) in [5.74, 6) is 0.794. The van der Waals surface area contributed by atoms with E-state index in [-0.39, 0.29) is 5.75 Å². The van der Waals surface area contributed by atoms with Gasteiger partial charge in [-0.05, 0) is 31.5 Å². The molecule has 1 heterocycles. The summed E-state index contributed by atoms with van der Waals surface area (Å²) >= 11 is 0. The van der Waals surface area contributed by atoms with E-state index >= 15 is 0 Å². The van der Waals surface area contributed by atoms with E-state index in [1.54, 1.807) is 12.1 Å². The van der Waals surface area contributed by atoms with Gasteiger partial charge in [0.1, 0.15) is 5.75 Å². The first-order valence-electron chi connectivity index (χ1n) is 8.15. The lowest BCUT2D eigenvalue weighted by atomic mass is 10.1. The third kappa shape index (κ3) is 6.10. The summed E-state index contributed by atoms with van der Waals surface area (Å²) in [6, 6.07) is 7.14. The number of nitrogens with one attached hydrogen (secondary N) is 2. The number of rotatable bonds is 7. The van der Waals surface area contributed by atoms with Gasteiger partial charge in [-0.3, -0.25) is 0 Å². The molecule has 0 unspecified atom stereocenters. The van der Waals surface area contributed by atoms with E-state index in [1.807, 2.05) is 50.0 Å². The molecule has 0 bridgehead atoms. The van der Waals surface area contributed by atoms with Gasteiger partial charge in [0.25, 0.3) is 0 Å². The van der Waals surface area contributed by atoms with Crippen LogP contribution in [0.3, 0.4) is 0 Å². The van der Waals surface area contributed by atoms with Crippen molar-refractivity contribution in [1.82, 2.24) is 15.2 Å². The van der Waals surface area contributed by atoms with Crippen molar-refractivity contribution in [2.24, 2.45) is 12.0 Å². The molecular formula is C18H24F2N4O. The second-order valence-electron chi connectivity index (χ2n) is 5.72. The molecule has 0 aliphatic carbocycles. The Kier molecular flexibility index (Phi) is 6.80. The lowest BCUT2D eigenvalue weighted by molar-refractivity contribution is -0.0504. The smallest absolute Gasteiger partial charge is 0.387 e. The van der Waals surface area contributed by atoms with Crippen LogP contribution in [0.1, 0.15) is 23.6 Å². The fraction of sp³-hybridized carbons (Fsp3) is 0.389. The zero-order valence-corrected chi connectivity index (χ0v) is 14.7. The molecule has 0 saturated heterocycles. The summed E-state index contributed by atoms with van der Waals surface area (Å²) in [5.41, 5.74) is 2.73. The fourth-order valence-corrected chi connectivity index (χ4v) is 2.40. The number of ether oxygens (including phenoxy) is 1. The zero-order chi connectivity index (χ0) is 18.2. The lowest BCUT2D eigenvalue weighted by Gasteiger charge is -2.15. The molecular weight excluding hydrogens is 326 g/mol. The van der Waals surface area contributed by atoms with Crippen LogP contribution in [0, 0.1) is 6.92 Å². The largest absolute Gasteiger partial charge is 0.434 e. The average Bonchev–Trinajstić information content (AvgIpc) is 2.97. The Morgan fingerprint density at radius 1 is 1.28 bits per heavy atom. The van der Waals surface area contributed by atoms with Gasteiger partial charge in [0.05, 0.1) is 6.54 Å². The van der Waals surface area contributed by atoms with Crippen LogP contribution < -0.4 is 15.4 Å². The highest BCUT2D eigenvalue weighted by Gasteiger charge is 2.10. The Morgan fingerprint density at radius 2 is 2.08 bits per heavy atom. The number of nitrogens with zero attached hydrogens (tertiary/aromatic N) is 2. The van der Waals surface area contributed by atoms with E-state index < -0.39 is 6.61 Å². The number of hydrogen-bond donors (Lipinski definition) is 2. The molecule has 25 heavy (non-hydrogen) atoms. The van der Waals surface area contributed by atoms with Crippen LogP contribution in [-0.4, -0.2) is 23.7 Å². The van der Waals surface area contributed by atoms with Gasteiger partial charge in [-0.15, -0.1) is 0 Å². The van der Waals surface area contributed by atoms with Gasteiger partial charge >= 0.3 is 6.61 Å². The standard InChI is InChI=1S/C18H24F2N4O/c1-4-21-18(22-10-14-7-8-24(3)12-14)23-11-15-9-13(2)5-6-16(15)25-17(19)20/h5-9,12,17H,4,10-11H2,1-3H3,(H2,21,22,23). The monoisotopic (exact) mass is 350 g/mol. The molecule has 5 nitrogen and oxygen atoms in total. The van der Waals surface area contributed by atoms with Crippen LogP contribution >= 0.6 is 0 Å². The Hall–Kier alpha value is -2.57. The molecule has 136 valence electrons. The van der Waals surface area contributed by atoms with Gasteiger partial charge in [-0.2, -0.15) is 8.78 Å². The summed E-state index contributed by atoms with van der Waals surface area (Å²) < 4.78 is 31.7. The van der Waals surface area contributed by atoms with Crippen LogP contribution in [0.4, 0.5) is 8.78 Å². The van der Waals surface area contributed by atoms with Crippen LogP contribution in [0.15, 0.2) is 41.7 Å². The highest BCUT2D eigenvalue weighted by atomic mass is 19.3. The number of halogens is 2. The SMILES string of the molecule is CCNC(=NCc1ccn(C)c1)NCc1cc(C)ccc1OC(F)F. The minimum absolute atomic E-state index is 0.173. The van der Waals surface area contributed by atoms with E-state index in [0.717, 1.165) is 11.1 Å². The molecule has 2 N–H and O–H groups in total. The highest BCUT2D eigenvalue weighted by Crippen LogP contribution is 2.21. The second kappa shape index (κ2) is 9.05. The number of guanidine groups is 1. The maximum absolute atomic E-state index is 12.6. The quantitative estimate of drug-likeness (QED) is 0.596.